The van der Waals surface area contributed by atoms with Crippen LogP contribution in [0.15, 0.2) is 30.3 Å². The number of nitro benzene ring substituents is 1. The van der Waals surface area contributed by atoms with E-state index >= 15 is 0 Å². The molecule has 34 heavy (non-hydrogen) atoms. The molecule has 3 fully saturated rings. The first kappa shape index (κ1) is 21.0. The number of imide groups is 1. The minimum Gasteiger partial charge on any atom is -0.324 e. The van der Waals surface area contributed by atoms with Gasteiger partial charge in [0.05, 0.1) is 28.0 Å². The van der Waals surface area contributed by atoms with E-state index in [1.54, 1.807) is 13.0 Å². The fourth-order valence-electron chi connectivity index (χ4n) is 6.81. The largest absolute Gasteiger partial charge is 0.324 e. The molecule has 4 aliphatic heterocycles. The molecule has 9 nitrogen and oxygen atoms in total. The molecule has 0 bridgehead atoms. The lowest BCUT2D eigenvalue weighted by Crippen LogP contribution is -2.54. The zero-order valence-corrected chi connectivity index (χ0v) is 19.1. The van der Waals surface area contributed by atoms with E-state index in [0.29, 0.717) is 6.54 Å². The number of carbonyl (C=O) groups is 3. The van der Waals surface area contributed by atoms with Gasteiger partial charge in [-0.2, -0.15) is 0 Å². The van der Waals surface area contributed by atoms with Crippen LogP contribution >= 0.6 is 0 Å². The summed E-state index contributed by atoms with van der Waals surface area (Å²) in [6.45, 7) is 6.10. The normalized spacial score (nSPS) is 29.6. The summed E-state index contributed by atoms with van der Waals surface area (Å²) in [5, 5.41) is 14.5. The average molecular weight is 460 g/mol. The number of carbonyl (C=O) groups excluding carboxylic acids is 3. The Morgan fingerprint density at radius 2 is 1.82 bits per heavy atom. The van der Waals surface area contributed by atoms with Gasteiger partial charge in [-0.3, -0.25) is 29.4 Å². The number of anilines is 2. The summed E-state index contributed by atoms with van der Waals surface area (Å²) in [7, 11) is 0. The predicted octanol–water partition coefficient (Wildman–Crippen LogP) is 2.95. The summed E-state index contributed by atoms with van der Waals surface area (Å²) in [6, 6.07) is 8.04. The van der Waals surface area contributed by atoms with Crippen molar-refractivity contribution in [2.24, 2.45) is 11.8 Å². The highest BCUT2D eigenvalue weighted by atomic mass is 16.6. The highest BCUT2D eigenvalue weighted by molar-refractivity contribution is 6.26. The van der Waals surface area contributed by atoms with Gasteiger partial charge in [0.25, 0.3) is 5.69 Å². The molecule has 3 amide bonds. The van der Waals surface area contributed by atoms with Crippen molar-refractivity contribution in [1.82, 2.24) is 4.90 Å². The van der Waals surface area contributed by atoms with E-state index in [2.05, 4.69) is 10.2 Å². The summed E-state index contributed by atoms with van der Waals surface area (Å²) in [5.41, 5.74) is 2.53. The molecule has 6 rings (SSSR count). The molecule has 0 saturated carbocycles. The van der Waals surface area contributed by atoms with E-state index in [-0.39, 0.29) is 34.8 Å². The van der Waals surface area contributed by atoms with Crippen LogP contribution in [0, 0.1) is 42.7 Å². The van der Waals surface area contributed by atoms with Gasteiger partial charge in [-0.1, -0.05) is 18.2 Å². The van der Waals surface area contributed by atoms with Crippen molar-refractivity contribution in [2.75, 3.05) is 16.8 Å². The first-order valence-electron chi connectivity index (χ1n) is 11.5. The molecule has 1 spiro atoms. The number of aryl methyl sites for hydroxylation is 1. The molecule has 9 heteroatoms. The van der Waals surface area contributed by atoms with Crippen molar-refractivity contribution in [3.63, 3.8) is 0 Å². The maximum Gasteiger partial charge on any atom is 0.274 e. The lowest BCUT2D eigenvalue weighted by atomic mass is 9.75. The minimum absolute atomic E-state index is 0.151. The molecule has 0 radical (unpaired) electrons. The van der Waals surface area contributed by atoms with Crippen LogP contribution in [0.3, 0.4) is 0 Å². The zero-order valence-electron chi connectivity index (χ0n) is 19.1. The molecule has 0 aliphatic carbocycles. The minimum atomic E-state index is -1.25. The Kier molecular flexibility index (Phi) is 4.15. The molecule has 3 saturated heterocycles. The number of hydrogen-bond acceptors (Lipinski definition) is 6. The quantitative estimate of drug-likeness (QED) is 0.419. The third kappa shape index (κ3) is 2.25. The van der Waals surface area contributed by atoms with Crippen LogP contribution in [-0.4, -0.2) is 40.1 Å². The van der Waals surface area contributed by atoms with Gasteiger partial charge in [0.15, 0.2) is 0 Å². The Labute approximate surface area is 195 Å². The van der Waals surface area contributed by atoms with E-state index in [1.807, 2.05) is 26.0 Å². The summed E-state index contributed by atoms with van der Waals surface area (Å²) in [5.74, 6) is -2.67. The fraction of sp³-hybridized carbons (Fsp3) is 0.400. The van der Waals surface area contributed by atoms with Crippen LogP contribution in [0.4, 0.5) is 17.1 Å². The topological polar surface area (TPSA) is 113 Å². The predicted molar refractivity (Wildman–Crippen MR) is 123 cm³/mol. The lowest BCUT2D eigenvalue weighted by molar-refractivity contribution is -0.385. The molecule has 2 aromatic carbocycles. The first-order valence-corrected chi connectivity index (χ1v) is 11.5. The number of nitrogens with zero attached hydrogens (tertiary/aromatic N) is 3. The second kappa shape index (κ2) is 6.73. The number of amides is 3. The summed E-state index contributed by atoms with van der Waals surface area (Å²) >= 11 is 0. The first-order chi connectivity index (χ1) is 16.2. The number of benzene rings is 2. The Bertz CT molecular complexity index is 1340. The van der Waals surface area contributed by atoms with Crippen molar-refractivity contribution < 1.29 is 19.3 Å². The Morgan fingerprint density at radius 3 is 2.56 bits per heavy atom. The van der Waals surface area contributed by atoms with Gasteiger partial charge in [0.2, 0.25) is 17.7 Å². The number of rotatable bonds is 2. The molecule has 4 atom stereocenters. The summed E-state index contributed by atoms with van der Waals surface area (Å²) < 4.78 is 0. The molecule has 2 aromatic rings. The van der Waals surface area contributed by atoms with Crippen molar-refractivity contribution in [2.45, 2.75) is 45.2 Å². The van der Waals surface area contributed by atoms with Crippen LogP contribution in [0.5, 0.6) is 0 Å². The van der Waals surface area contributed by atoms with E-state index in [9.17, 15) is 24.5 Å². The van der Waals surface area contributed by atoms with Crippen molar-refractivity contribution >= 4 is 34.8 Å². The van der Waals surface area contributed by atoms with Crippen LogP contribution in [0.2, 0.25) is 0 Å². The summed E-state index contributed by atoms with van der Waals surface area (Å²) in [4.78, 5) is 55.8. The second-order valence-electron chi connectivity index (χ2n) is 9.75. The standard InChI is InChI=1S/C25H24N4O5/c1-12-9-10-15-21(13(12)2)26-24(32)25(15)20-19(18-8-5-11-27(18)25)22(30)28(23(20)31)16-6-4-7-17(14(16)3)29(33)34/h4,6-7,9-10,18-20H,5,8,11H2,1-3H3,(H,26,32)/t18-,19+,20-,25-/m0/s1. The zero-order chi connectivity index (χ0) is 24.1. The third-order valence-electron chi connectivity index (χ3n) is 8.41. The van der Waals surface area contributed by atoms with E-state index in [0.717, 1.165) is 40.1 Å². The summed E-state index contributed by atoms with van der Waals surface area (Å²) in [6.07, 6.45) is 1.55. The third-order valence-corrected chi connectivity index (χ3v) is 8.41. The Hall–Kier alpha value is -3.59. The van der Waals surface area contributed by atoms with Crippen LogP contribution in [0.25, 0.3) is 0 Å². The van der Waals surface area contributed by atoms with Gasteiger partial charge in [0, 0.05) is 23.4 Å². The molecular formula is C25H24N4O5. The van der Waals surface area contributed by atoms with Crippen molar-refractivity contribution in [3.8, 4) is 0 Å². The highest BCUT2D eigenvalue weighted by Gasteiger charge is 2.74. The average Bonchev–Trinajstić information content (AvgIpc) is 3.50. The Balaban J connectivity index is 1.56. The lowest BCUT2D eigenvalue weighted by Gasteiger charge is -2.36. The molecule has 4 aliphatic rings. The second-order valence-corrected chi connectivity index (χ2v) is 9.75. The molecule has 174 valence electrons. The molecule has 4 heterocycles. The maximum absolute atomic E-state index is 14.1. The number of nitro groups is 1. The number of hydrogen-bond donors (Lipinski definition) is 1. The van der Waals surface area contributed by atoms with Gasteiger partial charge in [0.1, 0.15) is 5.54 Å². The van der Waals surface area contributed by atoms with Crippen molar-refractivity contribution in [3.05, 3.63) is 62.7 Å². The van der Waals surface area contributed by atoms with E-state index in [1.165, 1.54) is 12.1 Å². The van der Waals surface area contributed by atoms with E-state index in [4.69, 9.17) is 0 Å². The van der Waals surface area contributed by atoms with Crippen molar-refractivity contribution in [1.29, 1.82) is 0 Å². The molecule has 1 N–H and O–H groups in total. The van der Waals surface area contributed by atoms with Crippen LogP contribution in [-0.2, 0) is 19.9 Å². The number of nitrogens with one attached hydrogen (secondary N) is 1. The highest BCUT2D eigenvalue weighted by Crippen LogP contribution is 2.61. The maximum atomic E-state index is 14.1. The van der Waals surface area contributed by atoms with Crippen LogP contribution in [0.1, 0.15) is 35.1 Å². The van der Waals surface area contributed by atoms with Crippen LogP contribution < -0.4 is 10.2 Å². The SMILES string of the molecule is Cc1ccc2c(c1C)NC(=O)[C@@]21[C@@H]2C(=O)N(c3cccc([N+](=O)[O-])c3C)C(=O)[C@@H]2[C@@H]2CCCN21. The monoisotopic (exact) mass is 460 g/mol. The molecular weight excluding hydrogens is 436 g/mol. The van der Waals surface area contributed by atoms with Gasteiger partial charge in [-0.25, -0.2) is 4.90 Å². The van der Waals surface area contributed by atoms with Gasteiger partial charge >= 0.3 is 0 Å². The van der Waals surface area contributed by atoms with Gasteiger partial charge < -0.3 is 5.32 Å². The molecule has 0 unspecified atom stereocenters. The smallest absolute Gasteiger partial charge is 0.274 e. The van der Waals surface area contributed by atoms with Gasteiger partial charge in [-0.15, -0.1) is 0 Å². The Morgan fingerprint density at radius 1 is 1.06 bits per heavy atom. The number of fused-ring (bicyclic) bond motifs is 7. The van der Waals surface area contributed by atoms with Gasteiger partial charge in [-0.05, 0) is 57.4 Å². The van der Waals surface area contributed by atoms with E-state index < -0.39 is 28.2 Å². The molecule has 0 aromatic heterocycles. The fourth-order valence-corrected chi connectivity index (χ4v) is 6.81.